The summed E-state index contributed by atoms with van der Waals surface area (Å²) in [7, 11) is 2.17. The Bertz CT molecular complexity index is 261. The Morgan fingerprint density at radius 1 is 1.14 bits per heavy atom. The average molecular weight is 194 g/mol. The third kappa shape index (κ3) is 2.12. The summed E-state index contributed by atoms with van der Waals surface area (Å²) < 4.78 is 0. The van der Waals surface area contributed by atoms with Gasteiger partial charge in [-0.3, -0.25) is 4.99 Å². The Labute approximate surface area is 85.3 Å². The smallest absolute Gasteiger partial charge is 0.122 e. The zero-order valence-corrected chi connectivity index (χ0v) is 9.03. The second-order valence-electron chi connectivity index (χ2n) is 4.00. The summed E-state index contributed by atoms with van der Waals surface area (Å²) in [5.41, 5.74) is 0. The zero-order valence-electron chi connectivity index (χ0n) is 9.03. The quantitative estimate of drug-likeness (QED) is 0.561. The van der Waals surface area contributed by atoms with Crippen molar-refractivity contribution in [1.29, 1.82) is 0 Å². The topological polar surface area (TPSA) is 31.2 Å². The number of nitrogens with zero attached hydrogens (tertiary/aromatic N) is 4. The van der Waals surface area contributed by atoms with Gasteiger partial charge in [0.1, 0.15) is 11.7 Å². The first-order valence-corrected chi connectivity index (χ1v) is 5.28. The van der Waals surface area contributed by atoms with Gasteiger partial charge in [-0.1, -0.05) is 0 Å². The first-order chi connectivity index (χ1) is 6.75. The van der Waals surface area contributed by atoms with Gasteiger partial charge in [-0.2, -0.15) is 0 Å². The molecule has 0 bridgehead atoms. The van der Waals surface area contributed by atoms with E-state index in [9.17, 15) is 0 Å². The molecule has 0 radical (unpaired) electrons. The van der Waals surface area contributed by atoms with Crippen LogP contribution in [0.15, 0.2) is 9.98 Å². The van der Waals surface area contributed by atoms with Crippen LogP contribution >= 0.6 is 0 Å². The number of amidine groups is 2. The summed E-state index contributed by atoms with van der Waals surface area (Å²) in [6, 6.07) is 0. The fourth-order valence-corrected chi connectivity index (χ4v) is 1.89. The Morgan fingerprint density at radius 2 is 1.86 bits per heavy atom. The van der Waals surface area contributed by atoms with E-state index >= 15 is 0 Å². The number of piperazine rings is 1. The molecule has 2 heterocycles. The van der Waals surface area contributed by atoms with Crippen molar-refractivity contribution < 1.29 is 0 Å². The lowest BCUT2D eigenvalue weighted by molar-refractivity contribution is 0.213. The second kappa shape index (κ2) is 4.09. The standard InChI is InChI=1S/C10H18N4/c1-9-11-4-3-10(12-9)14-7-5-13(2)6-8-14/h3-8H2,1-2H3. The van der Waals surface area contributed by atoms with Gasteiger partial charge in [-0.15, -0.1) is 0 Å². The van der Waals surface area contributed by atoms with E-state index in [1.165, 1.54) is 5.84 Å². The van der Waals surface area contributed by atoms with Crippen molar-refractivity contribution in [3.05, 3.63) is 0 Å². The minimum Gasteiger partial charge on any atom is -0.357 e. The van der Waals surface area contributed by atoms with Gasteiger partial charge >= 0.3 is 0 Å². The highest BCUT2D eigenvalue weighted by Gasteiger charge is 2.18. The Kier molecular flexibility index (Phi) is 2.82. The molecule has 1 saturated heterocycles. The number of hydrogen-bond acceptors (Lipinski definition) is 4. The molecule has 2 aliphatic rings. The molecule has 0 aromatic heterocycles. The molecular weight excluding hydrogens is 176 g/mol. The van der Waals surface area contributed by atoms with Crippen molar-refractivity contribution in [3.63, 3.8) is 0 Å². The average Bonchev–Trinajstić information content (AvgIpc) is 2.19. The highest BCUT2D eigenvalue weighted by molar-refractivity contribution is 5.97. The maximum atomic E-state index is 4.50. The SMILES string of the molecule is CC1=NCCC(N2CCN(C)CC2)=N1. The molecule has 4 heteroatoms. The van der Waals surface area contributed by atoms with Crippen LogP contribution in [0, 0.1) is 0 Å². The summed E-state index contributed by atoms with van der Waals surface area (Å²) in [6.45, 7) is 7.42. The van der Waals surface area contributed by atoms with E-state index in [-0.39, 0.29) is 0 Å². The molecule has 0 aliphatic carbocycles. The molecule has 14 heavy (non-hydrogen) atoms. The van der Waals surface area contributed by atoms with Gasteiger partial charge in [-0.05, 0) is 14.0 Å². The van der Waals surface area contributed by atoms with Gasteiger partial charge in [0.25, 0.3) is 0 Å². The molecule has 0 amide bonds. The fourth-order valence-electron chi connectivity index (χ4n) is 1.89. The van der Waals surface area contributed by atoms with Gasteiger partial charge in [0, 0.05) is 39.1 Å². The Hall–Kier alpha value is -0.900. The van der Waals surface area contributed by atoms with Crippen molar-refractivity contribution >= 4 is 11.7 Å². The van der Waals surface area contributed by atoms with E-state index in [4.69, 9.17) is 0 Å². The van der Waals surface area contributed by atoms with Crippen LogP contribution < -0.4 is 0 Å². The van der Waals surface area contributed by atoms with Gasteiger partial charge in [0.15, 0.2) is 0 Å². The number of likely N-dealkylation sites (N-methyl/N-ethyl adjacent to an activating group) is 1. The van der Waals surface area contributed by atoms with E-state index in [0.717, 1.165) is 45.0 Å². The molecule has 1 fully saturated rings. The third-order valence-electron chi connectivity index (χ3n) is 2.84. The van der Waals surface area contributed by atoms with Gasteiger partial charge in [0.05, 0.1) is 0 Å². The zero-order chi connectivity index (χ0) is 9.97. The summed E-state index contributed by atoms with van der Waals surface area (Å²) in [5.74, 6) is 2.18. The molecule has 0 aromatic carbocycles. The van der Waals surface area contributed by atoms with Crippen molar-refractivity contribution in [2.45, 2.75) is 13.3 Å². The number of rotatable bonds is 0. The van der Waals surface area contributed by atoms with Crippen LogP contribution in [-0.2, 0) is 0 Å². The molecule has 0 unspecified atom stereocenters. The predicted octanol–water partition coefficient (Wildman–Crippen LogP) is 0.454. The summed E-state index contributed by atoms with van der Waals surface area (Å²) >= 11 is 0. The van der Waals surface area contributed by atoms with Crippen LogP contribution in [0.3, 0.4) is 0 Å². The Balaban J connectivity index is 1.98. The third-order valence-corrected chi connectivity index (χ3v) is 2.84. The van der Waals surface area contributed by atoms with E-state index in [0.29, 0.717) is 0 Å². The maximum absolute atomic E-state index is 4.50. The van der Waals surface area contributed by atoms with Gasteiger partial charge in [0.2, 0.25) is 0 Å². The largest absolute Gasteiger partial charge is 0.357 e. The van der Waals surface area contributed by atoms with E-state index in [1.807, 2.05) is 6.92 Å². The molecule has 0 aromatic rings. The molecule has 78 valence electrons. The molecule has 2 aliphatic heterocycles. The molecule has 0 saturated carbocycles. The summed E-state index contributed by atoms with van der Waals surface area (Å²) in [5, 5.41) is 0. The Morgan fingerprint density at radius 3 is 2.50 bits per heavy atom. The van der Waals surface area contributed by atoms with Crippen LogP contribution in [0.5, 0.6) is 0 Å². The van der Waals surface area contributed by atoms with E-state index in [1.54, 1.807) is 0 Å². The van der Waals surface area contributed by atoms with E-state index < -0.39 is 0 Å². The molecular formula is C10H18N4. The summed E-state index contributed by atoms with van der Waals surface area (Å²) in [6.07, 6.45) is 1.01. The number of aliphatic imine (C=N–C) groups is 2. The lowest BCUT2D eigenvalue weighted by atomic mass is 10.2. The predicted molar refractivity (Wildman–Crippen MR) is 59.1 cm³/mol. The molecule has 4 nitrogen and oxygen atoms in total. The highest BCUT2D eigenvalue weighted by atomic mass is 15.3. The van der Waals surface area contributed by atoms with Crippen molar-refractivity contribution in [1.82, 2.24) is 9.80 Å². The second-order valence-corrected chi connectivity index (χ2v) is 4.00. The van der Waals surface area contributed by atoms with Gasteiger partial charge in [-0.25, -0.2) is 4.99 Å². The molecule has 0 spiro atoms. The highest BCUT2D eigenvalue weighted by Crippen LogP contribution is 2.07. The fraction of sp³-hybridized carbons (Fsp3) is 0.800. The minimum absolute atomic E-state index is 0.914. The molecule has 0 N–H and O–H groups in total. The monoisotopic (exact) mass is 194 g/mol. The van der Waals surface area contributed by atoms with Gasteiger partial charge < -0.3 is 9.80 Å². The van der Waals surface area contributed by atoms with Crippen LogP contribution in [-0.4, -0.2) is 61.2 Å². The normalized spacial score (nSPS) is 24.6. The van der Waals surface area contributed by atoms with Crippen molar-refractivity contribution in [2.24, 2.45) is 9.98 Å². The lowest BCUT2D eigenvalue weighted by Gasteiger charge is -2.35. The van der Waals surface area contributed by atoms with Crippen molar-refractivity contribution in [2.75, 3.05) is 39.8 Å². The van der Waals surface area contributed by atoms with Crippen LogP contribution in [0.2, 0.25) is 0 Å². The van der Waals surface area contributed by atoms with Crippen LogP contribution in [0.1, 0.15) is 13.3 Å². The molecule has 0 atom stereocenters. The van der Waals surface area contributed by atoms with E-state index in [2.05, 4.69) is 26.8 Å². The molecule has 2 rings (SSSR count). The van der Waals surface area contributed by atoms with Crippen LogP contribution in [0.4, 0.5) is 0 Å². The first-order valence-electron chi connectivity index (χ1n) is 5.28. The first kappa shape index (κ1) is 9.65. The van der Waals surface area contributed by atoms with Crippen molar-refractivity contribution in [3.8, 4) is 0 Å². The summed E-state index contributed by atoms with van der Waals surface area (Å²) in [4.78, 5) is 13.5. The minimum atomic E-state index is 0.914. The number of hydrogen-bond donors (Lipinski definition) is 0. The lowest BCUT2D eigenvalue weighted by Crippen LogP contribution is -2.47. The maximum Gasteiger partial charge on any atom is 0.122 e. The van der Waals surface area contributed by atoms with Crippen LogP contribution in [0.25, 0.3) is 0 Å².